The summed E-state index contributed by atoms with van der Waals surface area (Å²) in [5.74, 6) is 1.27. The van der Waals surface area contributed by atoms with E-state index in [4.69, 9.17) is 9.47 Å². The summed E-state index contributed by atoms with van der Waals surface area (Å²) in [6.45, 7) is 4.35. The van der Waals surface area contributed by atoms with E-state index < -0.39 is 0 Å². The summed E-state index contributed by atoms with van der Waals surface area (Å²) in [6, 6.07) is 3.60. The third-order valence-electron chi connectivity index (χ3n) is 3.24. The highest BCUT2D eigenvalue weighted by atomic mass is 16.5. The van der Waals surface area contributed by atoms with Crippen molar-refractivity contribution in [2.24, 2.45) is 5.29 Å². The van der Waals surface area contributed by atoms with Crippen molar-refractivity contribution in [1.29, 1.82) is 0 Å². The Bertz CT molecular complexity index is 601. The molecule has 3 N–H and O–H groups in total. The standard InChI is InChI=1S/C15H21N5O3/c1-3-23-9-8-16-15-13(19-20-21)6-5-12(18-15)11-4-7-14(22-2)17-10-11/h4-7,17H,3,8-10H2,1-2H3,(H,16,18)(H,19,21). The van der Waals surface area contributed by atoms with Crippen molar-refractivity contribution in [2.45, 2.75) is 6.92 Å². The highest BCUT2D eigenvalue weighted by Crippen LogP contribution is 2.24. The molecule has 0 unspecified atom stereocenters. The molecule has 0 fully saturated rings. The maximum absolute atomic E-state index is 10.5. The van der Waals surface area contributed by atoms with Gasteiger partial charge in [-0.1, -0.05) is 0 Å². The molecule has 0 aliphatic carbocycles. The van der Waals surface area contributed by atoms with Gasteiger partial charge in [0.25, 0.3) is 0 Å². The number of rotatable bonds is 9. The van der Waals surface area contributed by atoms with Crippen LogP contribution in [0, 0.1) is 4.91 Å². The van der Waals surface area contributed by atoms with Crippen LogP contribution in [0.2, 0.25) is 0 Å². The van der Waals surface area contributed by atoms with Crippen LogP contribution in [0.3, 0.4) is 0 Å². The van der Waals surface area contributed by atoms with Crippen LogP contribution < -0.4 is 16.1 Å². The molecule has 8 nitrogen and oxygen atoms in total. The van der Waals surface area contributed by atoms with Crippen LogP contribution in [0.5, 0.6) is 0 Å². The van der Waals surface area contributed by atoms with Gasteiger partial charge in [-0.2, -0.15) is 0 Å². The molecule has 0 aromatic carbocycles. The molecular formula is C15H21N5O3. The van der Waals surface area contributed by atoms with Crippen molar-refractivity contribution in [3.8, 4) is 0 Å². The van der Waals surface area contributed by atoms with Crippen molar-refractivity contribution in [3.63, 3.8) is 0 Å². The topological polar surface area (TPSA) is 96.9 Å². The van der Waals surface area contributed by atoms with Crippen LogP contribution in [-0.2, 0) is 9.47 Å². The van der Waals surface area contributed by atoms with Crippen LogP contribution >= 0.6 is 0 Å². The SMILES string of the molecule is CCOCCNc1nc(C2=CC=C(OC)NC2)ccc1NN=O. The summed E-state index contributed by atoms with van der Waals surface area (Å²) in [6.07, 6.45) is 3.80. The molecule has 0 spiro atoms. The molecular weight excluding hydrogens is 298 g/mol. The maximum atomic E-state index is 10.5. The van der Waals surface area contributed by atoms with Crippen LogP contribution in [0.15, 0.2) is 35.5 Å². The van der Waals surface area contributed by atoms with Gasteiger partial charge in [0.05, 0.1) is 24.7 Å². The highest BCUT2D eigenvalue weighted by Gasteiger charge is 2.12. The first kappa shape index (κ1) is 16.8. The molecule has 2 heterocycles. The van der Waals surface area contributed by atoms with E-state index in [0.717, 1.165) is 11.3 Å². The van der Waals surface area contributed by atoms with Crippen LogP contribution in [-0.4, -0.2) is 38.4 Å². The average Bonchev–Trinajstić information content (AvgIpc) is 2.60. The van der Waals surface area contributed by atoms with Crippen molar-refractivity contribution >= 4 is 17.1 Å². The molecule has 2 rings (SSSR count). The summed E-state index contributed by atoms with van der Waals surface area (Å²) in [5, 5.41) is 9.00. The first-order valence-corrected chi connectivity index (χ1v) is 7.38. The second-order valence-electron chi connectivity index (χ2n) is 4.70. The lowest BCUT2D eigenvalue weighted by atomic mass is 10.1. The second kappa shape index (κ2) is 8.74. The summed E-state index contributed by atoms with van der Waals surface area (Å²) >= 11 is 0. The van der Waals surface area contributed by atoms with E-state index in [1.165, 1.54) is 0 Å². The molecule has 124 valence electrons. The zero-order chi connectivity index (χ0) is 16.5. The molecule has 1 aliphatic rings. The van der Waals surface area contributed by atoms with Gasteiger partial charge < -0.3 is 20.1 Å². The largest absolute Gasteiger partial charge is 0.483 e. The third-order valence-corrected chi connectivity index (χ3v) is 3.24. The quantitative estimate of drug-likeness (QED) is 0.364. The number of allylic oxidation sites excluding steroid dienone is 2. The first-order chi connectivity index (χ1) is 11.3. The Morgan fingerprint density at radius 1 is 1.39 bits per heavy atom. The molecule has 1 aliphatic heterocycles. The lowest BCUT2D eigenvalue weighted by molar-refractivity contribution is 0.158. The van der Waals surface area contributed by atoms with E-state index in [2.05, 4.69) is 26.3 Å². The molecule has 8 heteroatoms. The Morgan fingerprint density at radius 2 is 2.26 bits per heavy atom. The van der Waals surface area contributed by atoms with Gasteiger partial charge in [-0.05, 0) is 36.8 Å². The Labute approximate surface area is 134 Å². The molecule has 1 aromatic heterocycles. The number of pyridine rings is 1. The Morgan fingerprint density at radius 3 is 2.91 bits per heavy atom. The van der Waals surface area contributed by atoms with Crippen molar-refractivity contribution in [2.75, 3.05) is 44.2 Å². The van der Waals surface area contributed by atoms with Crippen LogP contribution in [0.1, 0.15) is 12.6 Å². The number of nitrogens with zero attached hydrogens (tertiary/aromatic N) is 2. The van der Waals surface area contributed by atoms with Crippen molar-refractivity contribution < 1.29 is 9.47 Å². The number of dihydropyridines is 1. The number of ether oxygens (including phenoxy) is 2. The minimum atomic E-state index is 0.526. The smallest absolute Gasteiger partial charge is 0.186 e. The summed E-state index contributed by atoms with van der Waals surface area (Å²) in [7, 11) is 1.61. The summed E-state index contributed by atoms with van der Waals surface area (Å²) < 4.78 is 10.4. The van der Waals surface area contributed by atoms with Crippen molar-refractivity contribution in [1.82, 2.24) is 10.3 Å². The van der Waals surface area contributed by atoms with Gasteiger partial charge in [0.2, 0.25) is 0 Å². The number of hydrogen-bond donors (Lipinski definition) is 3. The predicted octanol–water partition coefficient (Wildman–Crippen LogP) is 2.10. The van der Waals surface area contributed by atoms with Gasteiger partial charge in [0.1, 0.15) is 5.69 Å². The molecule has 0 saturated carbocycles. The Kier molecular flexibility index (Phi) is 6.37. The molecule has 0 bridgehead atoms. The average molecular weight is 319 g/mol. The minimum absolute atomic E-state index is 0.526. The molecule has 0 amide bonds. The number of nitrogens with one attached hydrogen (secondary N) is 3. The monoisotopic (exact) mass is 319 g/mol. The molecule has 0 saturated heterocycles. The van der Waals surface area contributed by atoms with E-state index in [1.807, 2.05) is 25.1 Å². The third kappa shape index (κ3) is 4.68. The maximum Gasteiger partial charge on any atom is 0.186 e. The lowest BCUT2D eigenvalue weighted by Gasteiger charge is -2.17. The molecule has 0 radical (unpaired) electrons. The first-order valence-electron chi connectivity index (χ1n) is 7.38. The van der Waals surface area contributed by atoms with Gasteiger partial charge in [0, 0.05) is 19.7 Å². The van der Waals surface area contributed by atoms with Gasteiger partial charge in [-0.3, -0.25) is 0 Å². The fraction of sp³-hybridized carbons (Fsp3) is 0.400. The van der Waals surface area contributed by atoms with Gasteiger partial charge >= 0.3 is 0 Å². The second-order valence-corrected chi connectivity index (χ2v) is 4.70. The lowest BCUT2D eigenvalue weighted by Crippen LogP contribution is -2.20. The number of hydrogen-bond acceptors (Lipinski definition) is 7. The van der Waals surface area contributed by atoms with Crippen molar-refractivity contribution in [3.05, 3.63) is 40.8 Å². The fourth-order valence-corrected chi connectivity index (χ4v) is 2.09. The molecule has 0 atom stereocenters. The van der Waals surface area contributed by atoms with E-state index in [1.54, 1.807) is 13.2 Å². The number of anilines is 2. The Balaban J connectivity index is 2.16. The van der Waals surface area contributed by atoms with Gasteiger partial charge in [-0.15, -0.1) is 4.91 Å². The van der Waals surface area contributed by atoms with E-state index in [-0.39, 0.29) is 0 Å². The van der Waals surface area contributed by atoms with Gasteiger partial charge in [0.15, 0.2) is 11.7 Å². The molecule has 23 heavy (non-hydrogen) atoms. The highest BCUT2D eigenvalue weighted by molar-refractivity contribution is 5.72. The zero-order valence-corrected chi connectivity index (χ0v) is 13.3. The van der Waals surface area contributed by atoms with Gasteiger partial charge in [-0.25, -0.2) is 10.4 Å². The van der Waals surface area contributed by atoms with E-state index in [0.29, 0.717) is 43.7 Å². The van der Waals surface area contributed by atoms with E-state index in [9.17, 15) is 4.91 Å². The van der Waals surface area contributed by atoms with Crippen LogP contribution in [0.4, 0.5) is 11.5 Å². The number of nitroso groups, excluding NO2 is 1. The van der Waals surface area contributed by atoms with Crippen LogP contribution in [0.25, 0.3) is 5.57 Å². The van der Waals surface area contributed by atoms with E-state index >= 15 is 0 Å². The normalized spacial score (nSPS) is 13.5. The predicted molar refractivity (Wildman–Crippen MR) is 89.7 cm³/mol. The zero-order valence-electron chi connectivity index (χ0n) is 13.3. The minimum Gasteiger partial charge on any atom is -0.483 e. The molecule has 1 aromatic rings. The fourth-order valence-electron chi connectivity index (χ4n) is 2.09. The summed E-state index contributed by atoms with van der Waals surface area (Å²) in [5.41, 5.74) is 4.75. The Hall–Kier alpha value is -2.61. The number of methoxy groups -OCH3 is 1. The summed E-state index contributed by atoms with van der Waals surface area (Å²) in [4.78, 5) is 15.0. The number of aromatic nitrogens is 1.